The predicted molar refractivity (Wildman–Crippen MR) is 114 cm³/mol. The molecule has 2 saturated heterocycles. The molecule has 8 heteroatoms. The Morgan fingerprint density at radius 2 is 1.81 bits per heavy atom. The van der Waals surface area contributed by atoms with E-state index >= 15 is 0 Å². The third kappa shape index (κ3) is 5.09. The van der Waals surface area contributed by atoms with Crippen molar-refractivity contribution in [1.29, 1.82) is 0 Å². The van der Waals surface area contributed by atoms with Crippen LogP contribution in [0.1, 0.15) is 41.5 Å². The molecule has 3 rings (SSSR count). The summed E-state index contributed by atoms with van der Waals surface area (Å²) in [5.41, 5.74) is 3.02. The van der Waals surface area contributed by atoms with Gasteiger partial charge >= 0.3 is 5.97 Å². The number of methoxy groups -OCH3 is 1. The molecule has 172 valence electrons. The minimum atomic E-state index is -1.20. The van der Waals surface area contributed by atoms with Gasteiger partial charge in [-0.3, -0.25) is 9.63 Å². The Morgan fingerprint density at radius 3 is 2.32 bits per heavy atom. The van der Waals surface area contributed by atoms with E-state index in [0.717, 1.165) is 22.3 Å². The lowest BCUT2D eigenvalue weighted by molar-refractivity contribution is -0.263. The molecule has 2 heterocycles. The highest BCUT2D eigenvalue weighted by atomic mass is 16.7. The topological polar surface area (TPSA) is 77.5 Å². The van der Waals surface area contributed by atoms with Crippen LogP contribution in [0.2, 0.25) is 0 Å². The molecule has 8 nitrogen and oxygen atoms in total. The summed E-state index contributed by atoms with van der Waals surface area (Å²) in [5.74, 6) is -0.717. The highest BCUT2D eigenvalue weighted by Gasteiger charge is 2.51. The van der Waals surface area contributed by atoms with Gasteiger partial charge in [0.15, 0.2) is 5.54 Å². The first-order valence-electron chi connectivity index (χ1n) is 10.8. The maximum absolute atomic E-state index is 13.7. The Bertz CT molecular complexity index is 774. The number of hydrogen-bond acceptors (Lipinski definition) is 7. The van der Waals surface area contributed by atoms with E-state index in [0.29, 0.717) is 45.6 Å². The average molecular weight is 435 g/mol. The zero-order chi connectivity index (χ0) is 22.6. The molecular weight excluding hydrogens is 400 g/mol. The van der Waals surface area contributed by atoms with Crippen LogP contribution < -0.4 is 0 Å². The molecule has 1 unspecified atom stereocenters. The summed E-state index contributed by atoms with van der Waals surface area (Å²) < 4.78 is 10.6. The molecule has 2 aliphatic heterocycles. The van der Waals surface area contributed by atoms with E-state index in [1.54, 1.807) is 12.2 Å². The molecule has 2 aliphatic rings. The summed E-state index contributed by atoms with van der Waals surface area (Å²) >= 11 is 0. The SMILES string of the molecule is COC(=O)C1(N(OC2CCOC2)C(=O)Cc2c(C)cc(C)cc2C)CCN(OC)CC1. The van der Waals surface area contributed by atoms with E-state index in [1.165, 1.54) is 12.2 Å². The van der Waals surface area contributed by atoms with E-state index in [4.69, 9.17) is 19.1 Å². The van der Waals surface area contributed by atoms with Crippen molar-refractivity contribution >= 4 is 11.9 Å². The molecule has 0 bridgehead atoms. The number of hydroxylamine groups is 4. The van der Waals surface area contributed by atoms with E-state index in [9.17, 15) is 9.59 Å². The van der Waals surface area contributed by atoms with Gasteiger partial charge in [0, 0.05) is 26.1 Å². The zero-order valence-electron chi connectivity index (χ0n) is 19.2. The lowest BCUT2D eigenvalue weighted by Crippen LogP contribution is -2.63. The van der Waals surface area contributed by atoms with Gasteiger partial charge in [-0.15, -0.1) is 0 Å². The van der Waals surface area contributed by atoms with Crippen LogP contribution in [0.3, 0.4) is 0 Å². The lowest BCUT2D eigenvalue weighted by atomic mass is 9.86. The Balaban J connectivity index is 1.94. The molecule has 2 fully saturated rings. The maximum Gasteiger partial charge on any atom is 0.334 e. The van der Waals surface area contributed by atoms with E-state index in [-0.39, 0.29) is 18.4 Å². The van der Waals surface area contributed by atoms with Gasteiger partial charge in [0.1, 0.15) is 6.10 Å². The van der Waals surface area contributed by atoms with E-state index < -0.39 is 11.5 Å². The van der Waals surface area contributed by atoms with Crippen molar-refractivity contribution in [2.45, 2.75) is 58.1 Å². The molecule has 31 heavy (non-hydrogen) atoms. The Kier molecular flexibility index (Phi) is 7.69. The van der Waals surface area contributed by atoms with Crippen molar-refractivity contribution in [2.75, 3.05) is 40.5 Å². The summed E-state index contributed by atoms with van der Waals surface area (Å²) in [6.07, 6.45) is 1.27. The summed E-state index contributed by atoms with van der Waals surface area (Å²) in [6, 6.07) is 4.14. The van der Waals surface area contributed by atoms with Crippen molar-refractivity contribution in [3.8, 4) is 0 Å². The molecule has 0 aliphatic carbocycles. The highest BCUT2D eigenvalue weighted by molar-refractivity contribution is 5.88. The number of nitrogens with zero attached hydrogens (tertiary/aromatic N) is 2. The summed E-state index contributed by atoms with van der Waals surface area (Å²) in [4.78, 5) is 38.2. The van der Waals surface area contributed by atoms with Crippen LogP contribution in [0.5, 0.6) is 0 Å². The predicted octanol–water partition coefficient (Wildman–Crippen LogP) is 2.27. The zero-order valence-corrected chi connectivity index (χ0v) is 19.2. The molecule has 1 atom stereocenters. The molecule has 0 radical (unpaired) electrons. The molecule has 1 aromatic carbocycles. The molecule has 0 aromatic heterocycles. The molecule has 0 N–H and O–H groups in total. The van der Waals surface area contributed by atoms with Crippen LogP contribution in [0.15, 0.2) is 12.1 Å². The smallest absolute Gasteiger partial charge is 0.334 e. The number of hydrogen-bond donors (Lipinski definition) is 0. The number of rotatable bonds is 7. The quantitative estimate of drug-likeness (QED) is 0.481. The van der Waals surface area contributed by atoms with E-state index in [2.05, 4.69) is 12.1 Å². The minimum Gasteiger partial charge on any atom is -0.467 e. The molecule has 0 saturated carbocycles. The number of aryl methyl sites for hydroxylation is 3. The second-order valence-corrected chi connectivity index (χ2v) is 8.47. The number of carbonyl (C=O) groups is 2. The van der Waals surface area contributed by atoms with Gasteiger partial charge in [0.2, 0.25) is 0 Å². The summed E-state index contributed by atoms with van der Waals surface area (Å²) in [7, 11) is 2.95. The van der Waals surface area contributed by atoms with Gasteiger partial charge in [0.05, 0.1) is 27.2 Å². The van der Waals surface area contributed by atoms with Crippen LogP contribution in [-0.4, -0.2) is 74.2 Å². The molecular formula is C23H34N2O6. The fourth-order valence-electron chi connectivity index (χ4n) is 4.57. The third-order valence-corrected chi connectivity index (χ3v) is 6.30. The van der Waals surface area contributed by atoms with Crippen molar-refractivity contribution in [2.24, 2.45) is 0 Å². The van der Waals surface area contributed by atoms with Crippen LogP contribution >= 0.6 is 0 Å². The number of carbonyl (C=O) groups excluding carboxylic acids is 2. The number of benzene rings is 1. The second-order valence-electron chi connectivity index (χ2n) is 8.47. The summed E-state index contributed by atoms with van der Waals surface area (Å²) in [6.45, 7) is 8.00. The largest absolute Gasteiger partial charge is 0.467 e. The van der Waals surface area contributed by atoms with Crippen molar-refractivity contribution in [1.82, 2.24) is 10.1 Å². The van der Waals surface area contributed by atoms with Crippen LogP contribution in [0.25, 0.3) is 0 Å². The molecule has 1 amide bonds. The third-order valence-electron chi connectivity index (χ3n) is 6.30. The average Bonchev–Trinajstić information content (AvgIpc) is 3.27. The summed E-state index contributed by atoms with van der Waals surface area (Å²) in [5, 5.41) is 3.08. The Morgan fingerprint density at radius 1 is 1.16 bits per heavy atom. The second kappa shape index (κ2) is 10.1. The fourth-order valence-corrected chi connectivity index (χ4v) is 4.57. The monoisotopic (exact) mass is 434 g/mol. The van der Waals surface area contributed by atoms with Gasteiger partial charge in [0.25, 0.3) is 5.91 Å². The van der Waals surface area contributed by atoms with Gasteiger partial charge in [-0.05, 0) is 50.3 Å². The van der Waals surface area contributed by atoms with E-state index in [1.807, 2.05) is 20.8 Å². The number of amides is 1. The number of piperidine rings is 1. The Labute approximate surface area is 184 Å². The maximum atomic E-state index is 13.7. The van der Waals surface area contributed by atoms with Gasteiger partial charge in [-0.1, -0.05) is 17.7 Å². The normalized spacial score (nSPS) is 21.1. The van der Waals surface area contributed by atoms with Crippen LogP contribution in [-0.2, 0) is 35.2 Å². The van der Waals surface area contributed by atoms with Crippen molar-refractivity contribution < 1.29 is 28.7 Å². The van der Waals surface area contributed by atoms with Crippen LogP contribution in [0, 0.1) is 20.8 Å². The van der Waals surface area contributed by atoms with Crippen molar-refractivity contribution in [3.63, 3.8) is 0 Å². The van der Waals surface area contributed by atoms with Gasteiger partial charge in [-0.25, -0.2) is 9.86 Å². The minimum absolute atomic E-state index is 0.151. The highest BCUT2D eigenvalue weighted by Crippen LogP contribution is 2.33. The number of esters is 1. The first-order valence-corrected chi connectivity index (χ1v) is 10.8. The first-order chi connectivity index (χ1) is 14.8. The first kappa shape index (κ1) is 23.7. The lowest BCUT2D eigenvalue weighted by Gasteiger charge is -2.45. The van der Waals surface area contributed by atoms with Gasteiger partial charge in [-0.2, -0.15) is 5.06 Å². The molecule has 0 spiro atoms. The van der Waals surface area contributed by atoms with Gasteiger partial charge < -0.3 is 14.3 Å². The van der Waals surface area contributed by atoms with Crippen LogP contribution in [0.4, 0.5) is 0 Å². The van der Waals surface area contributed by atoms with Crippen molar-refractivity contribution in [3.05, 3.63) is 34.4 Å². The fraction of sp³-hybridized carbons (Fsp3) is 0.652. The molecule has 1 aromatic rings. The Hall–Kier alpha value is -2.00. The standard InChI is InChI=1S/C23H34N2O6/c1-16-12-17(2)20(18(3)13-16)14-21(26)25(31-19-6-11-30-15-19)23(22(27)28-4)7-9-24(29-5)10-8-23/h12-13,19H,6-11,14-15H2,1-5H3. The number of ether oxygens (including phenoxy) is 2.